The second-order valence-electron chi connectivity index (χ2n) is 11.4. The second-order valence-corrected chi connectivity index (χ2v) is 11.4. The van der Waals surface area contributed by atoms with E-state index in [9.17, 15) is 19.2 Å². The normalized spacial score (nSPS) is 16.8. The highest BCUT2D eigenvalue weighted by atomic mass is 16.5. The molecule has 12 heteroatoms. The first-order valence-electron chi connectivity index (χ1n) is 13.8. The van der Waals surface area contributed by atoms with Crippen molar-refractivity contribution in [3.8, 4) is 5.75 Å². The molecule has 1 unspecified atom stereocenters. The largest absolute Gasteiger partial charge is 0.497 e. The number of ether oxygens (including phenoxy) is 2. The van der Waals surface area contributed by atoms with Crippen LogP contribution in [0, 0.1) is 11.8 Å². The summed E-state index contributed by atoms with van der Waals surface area (Å²) in [5.74, 6) is -1.12. The molecule has 1 aliphatic heterocycles. The number of nitrogens with one attached hydrogen (secondary N) is 2. The number of Topliss-reactive ketones (excluding diaryl/α,β-unsaturated/α-hetero) is 1. The highest BCUT2D eigenvalue weighted by Crippen LogP contribution is 2.32. The van der Waals surface area contributed by atoms with Crippen LogP contribution in [-0.4, -0.2) is 77.7 Å². The van der Waals surface area contributed by atoms with Crippen molar-refractivity contribution in [1.29, 1.82) is 0 Å². The number of ketones is 1. The summed E-state index contributed by atoms with van der Waals surface area (Å²) in [7, 11) is 2.81. The number of likely N-dealkylation sites (tertiary alicyclic amines) is 1. The maximum Gasteiger partial charge on any atom is 0.407 e. The topological polar surface area (TPSA) is 153 Å². The fourth-order valence-electron chi connectivity index (χ4n) is 4.81. The Bertz CT molecular complexity index is 1240. The Kier molecular flexibility index (Phi) is 10.1. The molecular formula is C29H41N5O7. The Hall–Kier alpha value is -3.96. The molecule has 1 aliphatic rings. The van der Waals surface area contributed by atoms with Crippen molar-refractivity contribution in [2.24, 2.45) is 11.8 Å². The number of carbonyl (C=O) groups is 4. The first-order valence-corrected chi connectivity index (χ1v) is 13.8. The fraction of sp³-hybridized carbons (Fsp3) is 0.586. The first-order chi connectivity index (χ1) is 19.3. The number of hydrogen-bond acceptors (Lipinski definition) is 9. The molecule has 1 fully saturated rings. The van der Waals surface area contributed by atoms with E-state index in [1.165, 1.54) is 12.0 Å². The Morgan fingerprint density at radius 1 is 0.976 bits per heavy atom. The molecule has 1 aromatic carbocycles. The van der Waals surface area contributed by atoms with Gasteiger partial charge in [-0.2, -0.15) is 0 Å². The highest BCUT2D eigenvalue weighted by Gasteiger charge is 2.41. The molecule has 3 atom stereocenters. The molecule has 12 nitrogen and oxygen atoms in total. The van der Waals surface area contributed by atoms with E-state index in [1.54, 1.807) is 34.8 Å². The Labute approximate surface area is 240 Å². The zero-order chi connectivity index (χ0) is 30.5. The van der Waals surface area contributed by atoms with E-state index in [-0.39, 0.29) is 29.5 Å². The number of methoxy groups -OCH3 is 2. The van der Waals surface area contributed by atoms with Crippen LogP contribution in [0.2, 0.25) is 0 Å². The fourth-order valence-corrected chi connectivity index (χ4v) is 4.81. The third kappa shape index (κ3) is 7.04. The zero-order valence-corrected chi connectivity index (χ0v) is 25.0. The molecule has 41 heavy (non-hydrogen) atoms. The van der Waals surface area contributed by atoms with Crippen molar-refractivity contribution in [3.05, 3.63) is 41.6 Å². The maximum absolute atomic E-state index is 13.5. The molecule has 1 aromatic heterocycles. The van der Waals surface area contributed by atoms with E-state index in [1.807, 2.05) is 38.1 Å². The van der Waals surface area contributed by atoms with Gasteiger partial charge in [0.25, 0.3) is 5.89 Å². The molecule has 224 valence electrons. The number of aromatic nitrogens is 2. The lowest BCUT2D eigenvalue weighted by atomic mass is 9.84. The van der Waals surface area contributed by atoms with Crippen molar-refractivity contribution >= 4 is 23.7 Å². The Morgan fingerprint density at radius 3 is 2.17 bits per heavy atom. The van der Waals surface area contributed by atoms with Crippen molar-refractivity contribution in [2.75, 3.05) is 20.8 Å². The van der Waals surface area contributed by atoms with Gasteiger partial charge in [0.05, 0.1) is 25.7 Å². The molecule has 3 rings (SSSR count). The molecule has 0 bridgehead atoms. The maximum atomic E-state index is 13.5. The summed E-state index contributed by atoms with van der Waals surface area (Å²) in [5, 5.41) is 13.5. The number of alkyl carbamates (subject to hydrolysis) is 1. The van der Waals surface area contributed by atoms with Gasteiger partial charge in [-0.25, -0.2) is 4.79 Å². The first kappa shape index (κ1) is 31.6. The Balaban J connectivity index is 1.77. The van der Waals surface area contributed by atoms with Crippen molar-refractivity contribution in [3.63, 3.8) is 0 Å². The summed E-state index contributed by atoms with van der Waals surface area (Å²) in [6, 6.07) is 4.84. The second kappa shape index (κ2) is 13.1. The van der Waals surface area contributed by atoms with Crippen LogP contribution in [0.4, 0.5) is 4.79 Å². The Morgan fingerprint density at radius 2 is 1.61 bits per heavy atom. The van der Waals surface area contributed by atoms with Gasteiger partial charge in [-0.05, 0) is 56.2 Å². The van der Waals surface area contributed by atoms with E-state index in [4.69, 9.17) is 9.15 Å². The summed E-state index contributed by atoms with van der Waals surface area (Å²) in [4.78, 5) is 53.6. The van der Waals surface area contributed by atoms with Gasteiger partial charge in [-0.15, -0.1) is 10.2 Å². The predicted octanol–water partition coefficient (Wildman–Crippen LogP) is 3.10. The third-order valence-corrected chi connectivity index (χ3v) is 7.46. The van der Waals surface area contributed by atoms with Crippen LogP contribution in [0.15, 0.2) is 28.7 Å². The summed E-state index contributed by atoms with van der Waals surface area (Å²) >= 11 is 0. The van der Waals surface area contributed by atoms with Crippen LogP contribution in [0.5, 0.6) is 5.75 Å². The van der Waals surface area contributed by atoms with Crippen LogP contribution in [0.25, 0.3) is 0 Å². The van der Waals surface area contributed by atoms with Crippen molar-refractivity contribution in [1.82, 2.24) is 25.7 Å². The van der Waals surface area contributed by atoms with Gasteiger partial charge in [-0.1, -0.05) is 39.8 Å². The van der Waals surface area contributed by atoms with E-state index in [0.717, 1.165) is 5.56 Å². The van der Waals surface area contributed by atoms with Crippen LogP contribution >= 0.6 is 0 Å². The van der Waals surface area contributed by atoms with Gasteiger partial charge in [0, 0.05) is 6.54 Å². The molecule has 0 spiro atoms. The average Bonchev–Trinajstić information content (AvgIpc) is 3.64. The van der Waals surface area contributed by atoms with Gasteiger partial charge in [0.1, 0.15) is 17.8 Å². The zero-order valence-electron chi connectivity index (χ0n) is 25.0. The van der Waals surface area contributed by atoms with E-state index >= 15 is 0 Å². The number of carbonyl (C=O) groups excluding carboxylic acids is 4. The average molecular weight is 572 g/mol. The lowest BCUT2D eigenvalue weighted by molar-refractivity contribution is -0.141. The molecule has 3 amide bonds. The molecule has 0 radical (unpaired) electrons. The molecule has 0 saturated carbocycles. The van der Waals surface area contributed by atoms with Crippen molar-refractivity contribution in [2.45, 2.75) is 77.9 Å². The van der Waals surface area contributed by atoms with Crippen LogP contribution in [-0.2, 0) is 19.7 Å². The summed E-state index contributed by atoms with van der Waals surface area (Å²) in [6.45, 7) is 11.4. The SMILES string of the molecule is COC(=O)N[C@H](C(=O)N1CCC[C@H]1C(=O)NC(C(=O)c1nnc(C(C)(C)c2ccc(OC)cc2)o1)C(C)C)C(C)C. The summed E-state index contributed by atoms with van der Waals surface area (Å²) in [6.07, 6.45) is 0.317. The molecule has 1 saturated heterocycles. The molecule has 2 heterocycles. The van der Waals surface area contributed by atoms with Gasteiger partial charge < -0.3 is 29.4 Å². The van der Waals surface area contributed by atoms with Gasteiger partial charge in [0.15, 0.2) is 0 Å². The number of nitrogens with zero attached hydrogens (tertiary/aromatic N) is 3. The van der Waals surface area contributed by atoms with Crippen LogP contribution < -0.4 is 15.4 Å². The minimum absolute atomic E-state index is 0.206. The number of amides is 3. The smallest absolute Gasteiger partial charge is 0.407 e. The third-order valence-electron chi connectivity index (χ3n) is 7.46. The van der Waals surface area contributed by atoms with Crippen LogP contribution in [0.1, 0.15) is 76.5 Å². The molecule has 2 aromatic rings. The number of benzene rings is 1. The molecular weight excluding hydrogens is 530 g/mol. The summed E-state index contributed by atoms with van der Waals surface area (Å²) < 4.78 is 15.7. The number of rotatable bonds is 11. The standard InChI is InChI=1S/C29H41N5O7/c1-16(2)21(23(35)25-32-33-27(41-25)29(5,6)18-11-13-19(39-7)14-12-18)30-24(36)20-10-9-15-34(20)26(37)22(17(3)4)31-28(38)40-8/h11-14,16-17,20-22H,9-10,15H2,1-8H3,(H,30,36)(H,31,38)/t20-,21?,22-/m0/s1. The minimum atomic E-state index is -0.952. The minimum Gasteiger partial charge on any atom is -0.497 e. The monoisotopic (exact) mass is 571 g/mol. The molecule has 0 aliphatic carbocycles. The lowest BCUT2D eigenvalue weighted by Crippen LogP contribution is -2.57. The van der Waals surface area contributed by atoms with Crippen LogP contribution in [0.3, 0.4) is 0 Å². The summed E-state index contributed by atoms with van der Waals surface area (Å²) in [5.41, 5.74) is 0.201. The quantitative estimate of drug-likeness (QED) is 0.387. The van der Waals surface area contributed by atoms with E-state index in [0.29, 0.717) is 25.1 Å². The van der Waals surface area contributed by atoms with Gasteiger partial charge in [-0.3, -0.25) is 14.4 Å². The van der Waals surface area contributed by atoms with Gasteiger partial charge in [0.2, 0.25) is 23.5 Å². The molecule has 2 N–H and O–H groups in total. The predicted molar refractivity (Wildman–Crippen MR) is 149 cm³/mol. The van der Waals surface area contributed by atoms with Crippen molar-refractivity contribution < 1.29 is 33.1 Å². The lowest BCUT2D eigenvalue weighted by Gasteiger charge is -2.31. The van der Waals surface area contributed by atoms with Gasteiger partial charge >= 0.3 is 6.09 Å². The van der Waals surface area contributed by atoms with E-state index < -0.39 is 41.3 Å². The van der Waals surface area contributed by atoms with E-state index in [2.05, 4.69) is 25.6 Å². The number of hydrogen-bond donors (Lipinski definition) is 2. The highest BCUT2D eigenvalue weighted by molar-refractivity contribution is 6.00.